The van der Waals surface area contributed by atoms with Gasteiger partial charge in [0.25, 0.3) is 5.91 Å². The Hall–Kier alpha value is -3.02. The third kappa shape index (κ3) is 4.97. The number of hydrogen-bond donors (Lipinski definition) is 1. The number of nitrogens with one attached hydrogen (secondary N) is 1. The van der Waals surface area contributed by atoms with E-state index in [0.717, 1.165) is 5.56 Å². The van der Waals surface area contributed by atoms with E-state index in [-0.39, 0.29) is 12.0 Å². The molecule has 0 aliphatic carbocycles. The van der Waals surface area contributed by atoms with Crippen LogP contribution in [0.15, 0.2) is 47.6 Å². The first-order valence-corrected chi connectivity index (χ1v) is 7.86. The fraction of sp³-hybridized carbons (Fsp3) is 0.263. The molecule has 0 aromatic heterocycles. The van der Waals surface area contributed by atoms with Crippen molar-refractivity contribution in [3.63, 3.8) is 0 Å². The lowest BCUT2D eigenvalue weighted by atomic mass is 10.2. The molecule has 0 bridgehead atoms. The maximum absolute atomic E-state index is 12.2. The van der Waals surface area contributed by atoms with Gasteiger partial charge in [-0.2, -0.15) is 5.10 Å². The zero-order valence-electron chi connectivity index (χ0n) is 14.8. The molecule has 6 nitrogen and oxygen atoms in total. The molecule has 25 heavy (non-hydrogen) atoms. The summed E-state index contributed by atoms with van der Waals surface area (Å²) in [6, 6.07) is 12.4. The molecule has 0 spiro atoms. The minimum atomic E-state index is -0.347. The summed E-state index contributed by atoms with van der Waals surface area (Å²) in [6.07, 6.45) is 1.54. The lowest BCUT2D eigenvalue weighted by Crippen LogP contribution is -2.18. The first-order valence-electron chi connectivity index (χ1n) is 7.86. The minimum absolute atomic E-state index is 0.0130. The van der Waals surface area contributed by atoms with Crippen molar-refractivity contribution >= 4 is 12.1 Å². The smallest absolute Gasteiger partial charge is 0.271 e. The molecule has 0 atom stereocenters. The third-order valence-corrected chi connectivity index (χ3v) is 3.30. The van der Waals surface area contributed by atoms with Gasteiger partial charge in [-0.3, -0.25) is 4.79 Å². The van der Waals surface area contributed by atoms with Crippen molar-refractivity contribution in [1.29, 1.82) is 0 Å². The zero-order chi connectivity index (χ0) is 18.2. The van der Waals surface area contributed by atoms with E-state index in [0.29, 0.717) is 22.8 Å². The molecule has 0 aliphatic heterocycles. The molecule has 0 radical (unpaired) electrons. The van der Waals surface area contributed by atoms with Crippen LogP contribution in [-0.4, -0.2) is 32.4 Å². The fourth-order valence-electron chi connectivity index (χ4n) is 2.16. The highest BCUT2D eigenvalue weighted by Gasteiger charge is 2.11. The quantitative estimate of drug-likeness (QED) is 0.619. The molecule has 0 aliphatic rings. The molecule has 0 unspecified atom stereocenters. The molecule has 0 heterocycles. The van der Waals surface area contributed by atoms with Crippen LogP contribution >= 0.6 is 0 Å². The molecule has 0 saturated carbocycles. The Balaban J connectivity index is 2.09. The number of benzene rings is 2. The van der Waals surface area contributed by atoms with E-state index >= 15 is 0 Å². The molecule has 0 saturated heterocycles. The Morgan fingerprint density at radius 2 is 1.76 bits per heavy atom. The summed E-state index contributed by atoms with van der Waals surface area (Å²) in [6.45, 7) is 3.85. The molecule has 0 fully saturated rings. The predicted molar refractivity (Wildman–Crippen MR) is 96.8 cm³/mol. The van der Waals surface area contributed by atoms with Gasteiger partial charge in [0.2, 0.25) is 0 Å². The Kier molecular flexibility index (Phi) is 6.39. The van der Waals surface area contributed by atoms with Crippen LogP contribution in [-0.2, 0) is 0 Å². The zero-order valence-corrected chi connectivity index (χ0v) is 14.8. The van der Waals surface area contributed by atoms with Crippen molar-refractivity contribution < 1.29 is 19.0 Å². The van der Waals surface area contributed by atoms with E-state index in [1.165, 1.54) is 13.3 Å². The highest BCUT2D eigenvalue weighted by Crippen LogP contribution is 2.28. The number of ether oxygens (including phenoxy) is 3. The summed E-state index contributed by atoms with van der Waals surface area (Å²) in [5.41, 5.74) is 3.68. The molecular weight excluding hydrogens is 320 g/mol. The van der Waals surface area contributed by atoms with E-state index in [4.69, 9.17) is 14.2 Å². The Labute approximate surface area is 147 Å². The molecule has 2 aromatic carbocycles. The van der Waals surface area contributed by atoms with Crippen LogP contribution in [0.2, 0.25) is 0 Å². The Morgan fingerprint density at radius 3 is 2.44 bits per heavy atom. The average Bonchev–Trinajstić information content (AvgIpc) is 2.61. The summed E-state index contributed by atoms with van der Waals surface area (Å²) in [5, 5.41) is 3.98. The predicted octanol–water partition coefficient (Wildman–Crippen LogP) is 3.25. The molecular formula is C19H22N2O4. The SMILES string of the molecule is COc1ccccc1C=NNC(=O)c1ccc(OC(C)C)c(OC)c1. The van der Waals surface area contributed by atoms with Gasteiger partial charge < -0.3 is 14.2 Å². The van der Waals surface area contributed by atoms with Crippen molar-refractivity contribution in [2.24, 2.45) is 5.10 Å². The average molecular weight is 342 g/mol. The van der Waals surface area contributed by atoms with Crippen LogP contribution in [0.1, 0.15) is 29.8 Å². The number of methoxy groups -OCH3 is 2. The number of hydrazone groups is 1. The second-order valence-electron chi connectivity index (χ2n) is 5.47. The summed E-state index contributed by atoms with van der Waals surface area (Å²) < 4.78 is 16.1. The van der Waals surface area contributed by atoms with Crippen molar-refractivity contribution in [1.82, 2.24) is 5.43 Å². The van der Waals surface area contributed by atoms with Crippen LogP contribution in [0.5, 0.6) is 17.2 Å². The summed E-state index contributed by atoms with van der Waals surface area (Å²) in [5.74, 6) is 1.42. The summed E-state index contributed by atoms with van der Waals surface area (Å²) in [4.78, 5) is 12.2. The van der Waals surface area contributed by atoms with Crippen molar-refractivity contribution in [2.45, 2.75) is 20.0 Å². The second kappa shape index (κ2) is 8.73. The van der Waals surface area contributed by atoms with Crippen molar-refractivity contribution in [2.75, 3.05) is 14.2 Å². The van der Waals surface area contributed by atoms with Gasteiger partial charge in [-0.15, -0.1) is 0 Å². The van der Waals surface area contributed by atoms with Gasteiger partial charge in [-0.25, -0.2) is 5.43 Å². The maximum Gasteiger partial charge on any atom is 0.271 e. The molecule has 1 amide bonds. The monoisotopic (exact) mass is 342 g/mol. The highest BCUT2D eigenvalue weighted by atomic mass is 16.5. The Morgan fingerprint density at radius 1 is 1.04 bits per heavy atom. The summed E-state index contributed by atoms with van der Waals surface area (Å²) >= 11 is 0. The normalized spacial score (nSPS) is 10.8. The third-order valence-electron chi connectivity index (χ3n) is 3.30. The highest BCUT2D eigenvalue weighted by molar-refractivity contribution is 5.95. The second-order valence-corrected chi connectivity index (χ2v) is 5.47. The number of para-hydroxylation sites is 1. The number of nitrogens with zero attached hydrogens (tertiary/aromatic N) is 1. The maximum atomic E-state index is 12.2. The van der Waals surface area contributed by atoms with Gasteiger partial charge in [0.05, 0.1) is 26.5 Å². The van der Waals surface area contributed by atoms with E-state index in [2.05, 4.69) is 10.5 Å². The topological polar surface area (TPSA) is 69.2 Å². The van der Waals surface area contributed by atoms with Gasteiger partial charge in [0, 0.05) is 11.1 Å². The number of hydrogen-bond acceptors (Lipinski definition) is 5. The summed E-state index contributed by atoms with van der Waals surface area (Å²) in [7, 11) is 3.11. The van der Waals surface area contributed by atoms with Gasteiger partial charge >= 0.3 is 0 Å². The van der Waals surface area contributed by atoms with Crippen LogP contribution in [0.4, 0.5) is 0 Å². The number of amides is 1. The first-order chi connectivity index (χ1) is 12.0. The number of rotatable bonds is 7. The van der Waals surface area contributed by atoms with E-state index < -0.39 is 0 Å². The largest absolute Gasteiger partial charge is 0.496 e. The number of carbonyl (C=O) groups excluding carboxylic acids is 1. The lowest BCUT2D eigenvalue weighted by molar-refractivity contribution is 0.0954. The van der Waals surface area contributed by atoms with Gasteiger partial charge in [-0.05, 0) is 44.2 Å². The van der Waals surface area contributed by atoms with Gasteiger partial charge in [0.1, 0.15) is 5.75 Å². The van der Waals surface area contributed by atoms with Crippen LogP contribution < -0.4 is 19.6 Å². The first kappa shape index (κ1) is 18.3. The van der Waals surface area contributed by atoms with Crippen LogP contribution in [0.3, 0.4) is 0 Å². The molecule has 132 valence electrons. The Bertz CT molecular complexity index is 757. The fourth-order valence-corrected chi connectivity index (χ4v) is 2.16. The molecule has 6 heteroatoms. The standard InChI is InChI=1S/C19H22N2O4/c1-13(2)25-17-10-9-14(11-18(17)24-4)19(22)21-20-12-15-7-5-6-8-16(15)23-3/h5-13H,1-4H3,(H,21,22). The van der Waals surface area contributed by atoms with Crippen LogP contribution in [0.25, 0.3) is 0 Å². The van der Waals surface area contributed by atoms with E-state index in [1.807, 2.05) is 38.1 Å². The van der Waals surface area contributed by atoms with E-state index in [9.17, 15) is 4.79 Å². The molecule has 1 N–H and O–H groups in total. The minimum Gasteiger partial charge on any atom is -0.496 e. The lowest BCUT2D eigenvalue weighted by Gasteiger charge is -2.14. The van der Waals surface area contributed by atoms with Gasteiger partial charge in [-0.1, -0.05) is 12.1 Å². The molecule has 2 rings (SSSR count). The molecule has 2 aromatic rings. The van der Waals surface area contributed by atoms with Crippen LogP contribution in [0, 0.1) is 0 Å². The van der Waals surface area contributed by atoms with Gasteiger partial charge in [0.15, 0.2) is 11.5 Å². The van der Waals surface area contributed by atoms with Crippen molar-refractivity contribution in [3.8, 4) is 17.2 Å². The van der Waals surface area contributed by atoms with Crippen molar-refractivity contribution in [3.05, 3.63) is 53.6 Å². The number of carbonyl (C=O) groups is 1. The van der Waals surface area contributed by atoms with E-state index in [1.54, 1.807) is 25.3 Å².